The van der Waals surface area contributed by atoms with E-state index in [2.05, 4.69) is 6.07 Å². The highest BCUT2D eigenvalue weighted by molar-refractivity contribution is 5.41. The fourth-order valence-electron chi connectivity index (χ4n) is 1.75. The Kier molecular flexibility index (Phi) is 3.10. The van der Waals surface area contributed by atoms with Crippen molar-refractivity contribution in [3.63, 3.8) is 0 Å². The molecule has 2 aromatic rings. The third-order valence-electron chi connectivity index (χ3n) is 2.63. The van der Waals surface area contributed by atoms with Crippen LogP contribution in [-0.2, 0) is 12.8 Å². The van der Waals surface area contributed by atoms with Gasteiger partial charge in [0, 0.05) is 5.69 Å². The Hall–Kier alpha value is -1.96. The van der Waals surface area contributed by atoms with Crippen LogP contribution in [0.5, 0.6) is 5.75 Å². The maximum absolute atomic E-state index is 9.62. The first kappa shape index (κ1) is 10.6. The molecule has 16 heavy (non-hydrogen) atoms. The van der Waals surface area contributed by atoms with Crippen molar-refractivity contribution in [1.82, 2.24) is 0 Å². The van der Waals surface area contributed by atoms with Crippen molar-refractivity contribution in [2.24, 2.45) is 0 Å². The predicted molar refractivity (Wildman–Crippen MR) is 66.4 cm³/mol. The number of anilines is 1. The average molecular weight is 213 g/mol. The van der Waals surface area contributed by atoms with Crippen molar-refractivity contribution in [2.75, 3.05) is 5.73 Å². The highest BCUT2D eigenvalue weighted by Crippen LogP contribution is 2.18. The van der Waals surface area contributed by atoms with Gasteiger partial charge in [-0.2, -0.15) is 0 Å². The zero-order valence-corrected chi connectivity index (χ0v) is 9.06. The maximum Gasteiger partial charge on any atom is 0.118 e. The number of benzene rings is 2. The summed E-state index contributed by atoms with van der Waals surface area (Å²) in [4.78, 5) is 0. The van der Waals surface area contributed by atoms with Crippen LogP contribution >= 0.6 is 0 Å². The first-order valence-electron chi connectivity index (χ1n) is 5.37. The summed E-state index contributed by atoms with van der Waals surface area (Å²) in [6, 6.07) is 15.3. The first-order chi connectivity index (χ1) is 7.75. The van der Waals surface area contributed by atoms with Gasteiger partial charge >= 0.3 is 0 Å². The van der Waals surface area contributed by atoms with Crippen LogP contribution in [0, 0.1) is 0 Å². The molecule has 0 unspecified atom stereocenters. The first-order valence-corrected chi connectivity index (χ1v) is 5.37. The molecule has 0 saturated carbocycles. The van der Waals surface area contributed by atoms with Crippen molar-refractivity contribution in [1.29, 1.82) is 0 Å². The Morgan fingerprint density at radius 3 is 2.50 bits per heavy atom. The Labute approximate surface area is 95.4 Å². The molecule has 0 saturated heterocycles. The summed E-state index contributed by atoms with van der Waals surface area (Å²) in [6.07, 6.45) is 1.72. The van der Waals surface area contributed by atoms with Crippen LogP contribution in [0.2, 0.25) is 0 Å². The molecule has 0 aromatic heterocycles. The molecule has 2 rings (SSSR count). The number of phenolic OH excluding ortho intramolecular Hbond substituents is 1. The number of nitrogen functional groups attached to an aromatic ring is 1. The molecule has 0 atom stereocenters. The molecule has 0 amide bonds. The SMILES string of the molecule is Nc1cccc(CCc2ccccc2O)c1. The summed E-state index contributed by atoms with van der Waals surface area (Å²) in [7, 11) is 0. The molecule has 0 heterocycles. The standard InChI is InChI=1S/C14H15NO/c15-13-6-3-4-11(10-13)8-9-12-5-1-2-7-14(12)16/h1-7,10,16H,8-9,15H2. The molecule has 2 aromatic carbocycles. The van der Waals surface area contributed by atoms with Crippen LogP contribution < -0.4 is 5.73 Å². The molecule has 0 radical (unpaired) electrons. The Morgan fingerprint density at radius 1 is 0.938 bits per heavy atom. The van der Waals surface area contributed by atoms with E-state index in [1.54, 1.807) is 6.07 Å². The van der Waals surface area contributed by atoms with Gasteiger partial charge in [0.2, 0.25) is 0 Å². The average Bonchev–Trinajstić information content (AvgIpc) is 2.28. The van der Waals surface area contributed by atoms with Crippen LogP contribution in [-0.4, -0.2) is 5.11 Å². The van der Waals surface area contributed by atoms with E-state index in [9.17, 15) is 5.11 Å². The Morgan fingerprint density at radius 2 is 1.75 bits per heavy atom. The minimum absolute atomic E-state index is 0.367. The second-order valence-electron chi connectivity index (χ2n) is 3.87. The van der Waals surface area contributed by atoms with Crippen LogP contribution in [0.15, 0.2) is 48.5 Å². The van der Waals surface area contributed by atoms with Gasteiger partial charge in [-0.25, -0.2) is 0 Å². The fourth-order valence-corrected chi connectivity index (χ4v) is 1.75. The number of phenols is 1. The van der Waals surface area contributed by atoms with E-state index in [1.807, 2.05) is 36.4 Å². The van der Waals surface area contributed by atoms with E-state index in [-0.39, 0.29) is 0 Å². The van der Waals surface area contributed by atoms with Gasteiger partial charge in [-0.3, -0.25) is 0 Å². The number of para-hydroxylation sites is 1. The van der Waals surface area contributed by atoms with E-state index in [0.29, 0.717) is 5.75 Å². The number of hydrogen-bond acceptors (Lipinski definition) is 2. The van der Waals surface area contributed by atoms with Crippen molar-refractivity contribution in [3.05, 3.63) is 59.7 Å². The normalized spacial score (nSPS) is 10.2. The molecule has 0 fully saturated rings. The van der Waals surface area contributed by atoms with E-state index in [0.717, 1.165) is 24.1 Å². The highest BCUT2D eigenvalue weighted by atomic mass is 16.3. The summed E-state index contributed by atoms with van der Waals surface area (Å²) in [5.41, 5.74) is 8.67. The number of hydrogen-bond donors (Lipinski definition) is 2. The molecular formula is C14H15NO. The third-order valence-corrected chi connectivity index (χ3v) is 2.63. The van der Waals surface area contributed by atoms with Gasteiger partial charge < -0.3 is 10.8 Å². The zero-order chi connectivity index (χ0) is 11.4. The largest absolute Gasteiger partial charge is 0.508 e. The highest BCUT2D eigenvalue weighted by Gasteiger charge is 2.00. The lowest BCUT2D eigenvalue weighted by molar-refractivity contribution is 0.468. The monoisotopic (exact) mass is 213 g/mol. The molecule has 0 bridgehead atoms. The third kappa shape index (κ3) is 2.54. The summed E-state index contributed by atoms with van der Waals surface area (Å²) < 4.78 is 0. The Bertz CT molecular complexity index is 480. The maximum atomic E-state index is 9.62. The molecule has 0 aliphatic heterocycles. The lowest BCUT2D eigenvalue weighted by Crippen LogP contribution is -1.93. The van der Waals surface area contributed by atoms with E-state index < -0.39 is 0 Å². The predicted octanol–water partition coefficient (Wildman–Crippen LogP) is 2.76. The van der Waals surface area contributed by atoms with Gasteiger partial charge in [0.15, 0.2) is 0 Å². The number of nitrogens with two attached hydrogens (primary N) is 1. The van der Waals surface area contributed by atoms with Gasteiger partial charge in [-0.05, 0) is 42.2 Å². The molecule has 0 aliphatic carbocycles. The number of aromatic hydroxyl groups is 1. The lowest BCUT2D eigenvalue weighted by atomic mass is 10.0. The second kappa shape index (κ2) is 4.71. The molecule has 2 nitrogen and oxygen atoms in total. The molecular weight excluding hydrogens is 198 g/mol. The van der Waals surface area contributed by atoms with Gasteiger partial charge in [-0.1, -0.05) is 30.3 Å². The number of aryl methyl sites for hydroxylation is 2. The lowest BCUT2D eigenvalue weighted by Gasteiger charge is -2.05. The van der Waals surface area contributed by atoms with Gasteiger partial charge in [0.1, 0.15) is 5.75 Å². The van der Waals surface area contributed by atoms with Crippen molar-refractivity contribution >= 4 is 5.69 Å². The summed E-state index contributed by atoms with van der Waals surface area (Å²) in [5.74, 6) is 0.367. The van der Waals surface area contributed by atoms with E-state index >= 15 is 0 Å². The summed E-state index contributed by atoms with van der Waals surface area (Å²) >= 11 is 0. The van der Waals surface area contributed by atoms with Crippen LogP contribution in [0.1, 0.15) is 11.1 Å². The summed E-state index contributed by atoms with van der Waals surface area (Å²) in [5, 5.41) is 9.62. The fraction of sp³-hybridized carbons (Fsp3) is 0.143. The topological polar surface area (TPSA) is 46.2 Å². The van der Waals surface area contributed by atoms with Gasteiger partial charge in [0.05, 0.1) is 0 Å². The van der Waals surface area contributed by atoms with Gasteiger partial charge in [0.25, 0.3) is 0 Å². The second-order valence-corrected chi connectivity index (χ2v) is 3.87. The Balaban J connectivity index is 2.05. The molecule has 3 N–H and O–H groups in total. The van der Waals surface area contributed by atoms with Crippen LogP contribution in [0.3, 0.4) is 0 Å². The van der Waals surface area contributed by atoms with Crippen LogP contribution in [0.4, 0.5) is 5.69 Å². The minimum Gasteiger partial charge on any atom is -0.508 e. The number of rotatable bonds is 3. The van der Waals surface area contributed by atoms with Crippen LogP contribution in [0.25, 0.3) is 0 Å². The molecule has 2 heteroatoms. The van der Waals surface area contributed by atoms with E-state index in [4.69, 9.17) is 5.73 Å². The van der Waals surface area contributed by atoms with Crippen molar-refractivity contribution in [2.45, 2.75) is 12.8 Å². The quantitative estimate of drug-likeness (QED) is 0.770. The minimum atomic E-state index is 0.367. The zero-order valence-electron chi connectivity index (χ0n) is 9.06. The van der Waals surface area contributed by atoms with Crippen molar-refractivity contribution < 1.29 is 5.11 Å². The molecule has 0 spiro atoms. The van der Waals surface area contributed by atoms with E-state index in [1.165, 1.54) is 5.56 Å². The van der Waals surface area contributed by atoms with Crippen molar-refractivity contribution in [3.8, 4) is 5.75 Å². The molecule has 0 aliphatic rings. The summed E-state index contributed by atoms with van der Waals surface area (Å²) in [6.45, 7) is 0. The molecule has 82 valence electrons. The smallest absolute Gasteiger partial charge is 0.118 e. The van der Waals surface area contributed by atoms with Gasteiger partial charge in [-0.15, -0.1) is 0 Å².